The molecule has 2 aromatic carbocycles. The van der Waals surface area contributed by atoms with E-state index in [1.165, 1.54) is 22.3 Å². The molecule has 0 saturated carbocycles. The first-order valence-corrected chi connectivity index (χ1v) is 7.59. The highest BCUT2D eigenvalue weighted by atomic mass is 35.5. The number of hydrogen-bond donors (Lipinski definition) is 0. The van der Waals surface area contributed by atoms with Crippen LogP contribution in [0.3, 0.4) is 0 Å². The third-order valence-electron chi connectivity index (χ3n) is 3.85. The Bertz CT molecular complexity index is 614. The number of benzene rings is 2. The molecule has 0 bridgehead atoms. The zero-order valence-electron chi connectivity index (χ0n) is 11.9. The first-order chi connectivity index (χ1) is 9.66. The van der Waals surface area contributed by atoms with Gasteiger partial charge in [0.25, 0.3) is 0 Å². The molecule has 2 aromatic rings. The van der Waals surface area contributed by atoms with Crippen LogP contribution in [0.4, 0.5) is 0 Å². The Balaban J connectivity index is 2.17. The Hall–Kier alpha value is -1.47. The number of halogens is 1. The van der Waals surface area contributed by atoms with Gasteiger partial charge >= 0.3 is 0 Å². The number of rotatable bonds is 2. The van der Waals surface area contributed by atoms with E-state index in [2.05, 4.69) is 38.1 Å². The minimum absolute atomic E-state index is 0.439. The van der Waals surface area contributed by atoms with E-state index in [0.717, 1.165) is 30.2 Å². The standard InChI is InChI=1S/C18H19ClO/c1-12(2)17-16(13-5-8-15(19)9-6-13)10-7-14-4-3-11-20-18(14)17/h5-10,12H,3-4,11H2,1-2H3. The second-order valence-corrected chi connectivity index (χ2v) is 6.07. The van der Waals surface area contributed by atoms with Crippen LogP contribution in [0.1, 0.15) is 37.3 Å². The van der Waals surface area contributed by atoms with E-state index >= 15 is 0 Å². The highest BCUT2D eigenvalue weighted by Gasteiger charge is 2.20. The maximum atomic E-state index is 5.99. The zero-order chi connectivity index (χ0) is 14.1. The molecule has 1 aliphatic rings. The van der Waals surface area contributed by atoms with Crippen LogP contribution in [0, 0.1) is 0 Å². The van der Waals surface area contributed by atoms with Crippen molar-refractivity contribution in [2.45, 2.75) is 32.6 Å². The van der Waals surface area contributed by atoms with Gasteiger partial charge in [0.1, 0.15) is 5.75 Å². The minimum atomic E-state index is 0.439. The van der Waals surface area contributed by atoms with Crippen molar-refractivity contribution in [3.8, 4) is 16.9 Å². The lowest BCUT2D eigenvalue weighted by Gasteiger charge is -2.25. The van der Waals surface area contributed by atoms with Crippen LogP contribution in [0.15, 0.2) is 36.4 Å². The van der Waals surface area contributed by atoms with Gasteiger partial charge < -0.3 is 4.74 Å². The molecule has 1 heterocycles. The smallest absolute Gasteiger partial charge is 0.126 e. The molecule has 0 saturated heterocycles. The lowest BCUT2D eigenvalue weighted by Crippen LogP contribution is -2.12. The lowest BCUT2D eigenvalue weighted by atomic mass is 9.88. The van der Waals surface area contributed by atoms with Crippen LogP contribution in [0.25, 0.3) is 11.1 Å². The summed E-state index contributed by atoms with van der Waals surface area (Å²) in [5.74, 6) is 1.55. The van der Waals surface area contributed by atoms with Gasteiger partial charge in [-0.15, -0.1) is 0 Å². The van der Waals surface area contributed by atoms with Gasteiger partial charge in [0.05, 0.1) is 6.61 Å². The molecule has 2 heteroatoms. The van der Waals surface area contributed by atoms with E-state index in [4.69, 9.17) is 16.3 Å². The van der Waals surface area contributed by atoms with Crippen LogP contribution in [0.2, 0.25) is 5.02 Å². The van der Waals surface area contributed by atoms with Crippen LogP contribution in [0.5, 0.6) is 5.75 Å². The summed E-state index contributed by atoms with van der Waals surface area (Å²) < 4.78 is 5.98. The predicted octanol–water partition coefficient (Wildman–Crippen LogP) is 5.46. The topological polar surface area (TPSA) is 9.23 Å². The van der Waals surface area contributed by atoms with Crippen LogP contribution in [-0.4, -0.2) is 6.61 Å². The predicted molar refractivity (Wildman–Crippen MR) is 84.8 cm³/mol. The van der Waals surface area contributed by atoms with Crippen LogP contribution in [-0.2, 0) is 6.42 Å². The van der Waals surface area contributed by atoms with E-state index in [0.29, 0.717) is 5.92 Å². The summed E-state index contributed by atoms with van der Waals surface area (Å²) in [6.07, 6.45) is 2.24. The molecular formula is C18H19ClO. The summed E-state index contributed by atoms with van der Waals surface area (Å²) in [6, 6.07) is 12.5. The van der Waals surface area contributed by atoms with Crippen molar-refractivity contribution in [2.75, 3.05) is 6.61 Å². The molecule has 0 N–H and O–H groups in total. The first kappa shape index (κ1) is 13.5. The highest BCUT2D eigenvalue weighted by molar-refractivity contribution is 6.30. The SMILES string of the molecule is CC(C)c1c(-c2ccc(Cl)cc2)ccc2c1OCCC2. The third kappa shape index (κ3) is 2.43. The number of hydrogen-bond acceptors (Lipinski definition) is 1. The first-order valence-electron chi connectivity index (χ1n) is 7.21. The minimum Gasteiger partial charge on any atom is -0.493 e. The third-order valence-corrected chi connectivity index (χ3v) is 4.10. The molecule has 0 unspecified atom stereocenters. The summed E-state index contributed by atoms with van der Waals surface area (Å²) in [4.78, 5) is 0. The Labute approximate surface area is 125 Å². The number of fused-ring (bicyclic) bond motifs is 1. The molecule has 1 nitrogen and oxygen atoms in total. The number of aryl methyl sites for hydroxylation is 1. The average Bonchev–Trinajstić information content (AvgIpc) is 2.46. The second kappa shape index (κ2) is 5.49. The molecule has 0 spiro atoms. The van der Waals surface area contributed by atoms with E-state index in [9.17, 15) is 0 Å². The summed E-state index contributed by atoms with van der Waals surface area (Å²) >= 11 is 5.99. The van der Waals surface area contributed by atoms with E-state index < -0.39 is 0 Å². The molecule has 1 aliphatic heterocycles. The van der Waals surface area contributed by atoms with Gasteiger partial charge in [0, 0.05) is 10.6 Å². The molecule has 0 fully saturated rings. The zero-order valence-corrected chi connectivity index (χ0v) is 12.7. The van der Waals surface area contributed by atoms with Gasteiger partial charge in [-0.05, 0) is 47.6 Å². The fourth-order valence-corrected chi connectivity index (χ4v) is 3.03. The normalized spacial score (nSPS) is 14.0. The molecule has 0 amide bonds. The fraction of sp³-hybridized carbons (Fsp3) is 0.333. The summed E-state index contributed by atoms with van der Waals surface area (Å²) in [5.41, 5.74) is 5.13. The maximum Gasteiger partial charge on any atom is 0.126 e. The van der Waals surface area contributed by atoms with Crippen molar-refractivity contribution < 1.29 is 4.74 Å². The Morgan fingerprint density at radius 2 is 1.80 bits per heavy atom. The molecule has 0 aromatic heterocycles. The monoisotopic (exact) mass is 286 g/mol. The largest absolute Gasteiger partial charge is 0.493 e. The lowest BCUT2D eigenvalue weighted by molar-refractivity contribution is 0.284. The van der Waals surface area contributed by atoms with Gasteiger partial charge in [-0.3, -0.25) is 0 Å². The average molecular weight is 287 g/mol. The Kier molecular flexibility index (Phi) is 3.71. The Morgan fingerprint density at radius 3 is 2.50 bits per heavy atom. The summed E-state index contributed by atoms with van der Waals surface area (Å²) in [7, 11) is 0. The fourth-order valence-electron chi connectivity index (χ4n) is 2.90. The molecule has 0 radical (unpaired) electrons. The van der Waals surface area contributed by atoms with E-state index in [-0.39, 0.29) is 0 Å². The van der Waals surface area contributed by atoms with Gasteiger partial charge in [-0.1, -0.05) is 49.7 Å². The molecule has 20 heavy (non-hydrogen) atoms. The van der Waals surface area contributed by atoms with E-state index in [1.807, 2.05) is 12.1 Å². The van der Waals surface area contributed by atoms with Gasteiger partial charge in [0.2, 0.25) is 0 Å². The van der Waals surface area contributed by atoms with Crippen molar-refractivity contribution in [3.05, 3.63) is 52.5 Å². The quantitative estimate of drug-likeness (QED) is 0.713. The van der Waals surface area contributed by atoms with Crippen molar-refractivity contribution in [2.24, 2.45) is 0 Å². The van der Waals surface area contributed by atoms with E-state index in [1.54, 1.807) is 0 Å². The number of ether oxygens (including phenoxy) is 1. The van der Waals surface area contributed by atoms with Gasteiger partial charge in [-0.2, -0.15) is 0 Å². The van der Waals surface area contributed by atoms with Crippen molar-refractivity contribution in [1.82, 2.24) is 0 Å². The van der Waals surface area contributed by atoms with Gasteiger partial charge in [-0.25, -0.2) is 0 Å². The maximum absolute atomic E-state index is 5.99. The van der Waals surface area contributed by atoms with Crippen LogP contribution < -0.4 is 4.74 Å². The highest BCUT2D eigenvalue weighted by Crippen LogP contribution is 2.40. The van der Waals surface area contributed by atoms with Crippen molar-refractivity contribution in [1.29, 1.82) is 0 Å². The summed E-state index contributed by atoms with van der Waals surface area (Å²) in [5, 5.41) is 0.772. The van der Waals surface area contributed by atoms with Crippen molar-refractivity contribution >= 4 is 11.6 Å². The second-order valence-electron chi connectivity index (χ2n) is 5.63. The molecule has 104 valence electrons. The molecular weight excluding hydrogens is 268 g/mol. The van der Waals surface area contributed by atoms with Gasteiger partial charge in [0.15, 0.2) is 0 Å². The summed E-state index contributed by atoms with van der Waals surface area (Å²) in [6.45, 7) is 5.29. The molecule has 0 atom stereocenters. The molecule has 0 aliphatic carbocycles. The molecule has 3 rings (SSSR count). The Morgan fingerprint density at radius 1 is 1.05 bits per heavy atom. The van der Waals surface area contributed by atoms with Crippen molar-refractivity contribution in [3.63, 3.8) is 0 Å². The van der Waals surface area contributed by atoms with Crippen LogP contribution >= 0.6 is 11.6 Å².